The Hall–Kier alpha value is -2.70. The van der Waals surface area contributed by atoms with E-state index in [9.17, 15) is 4.79 Å². The Balaban J connectivity index is 1.56. The van der Waals surface area contributed by atoms with Gasteiger partial charge in [0.05, 0.1) is 5.69 Å². The summed E-state index contributed by atoms with van der Waals surface area (Å²) in [6.07, 6.45) is 4.10. The molecule has 1 aliphatic rings. The van der Waals surface area contributed by atoms with Crippen molar-refractivity contribution in [3.05, 3.63) is 41.5 Å². The Morgan fingerprint density at radius 2 is 2.12 bits per heavy atom. The summed E-state index contributed by atoms with van der Waals surface area (Å²) >= 11 is 0. The number of H-pyrrole nitrogens is 1. The molecule has 1 N–H and O–H groups in total. The summed E-state index contributed by atoms with van der Waals surface area (Å²) in [6.45, 7) is 3.50. The zero-order valence-electron chi connectivity index (χ0n) is 13.9. The maximum absolute atomic E-state index is 12.9. The van der Waals surface area contributed by atoms with Crippen molar-refractivity contribution in [2.24, 2.45) is 7.05 Å². The molecule has 1 atom stereocenters. The fourth-order valence-electron chi connectivity index (χ4n) is 3.54. The van der Waals surface area contributed by atoms with Gasteiger partial charge in [0, 0.05) is 37.8 Å². The highest BCUT2D eigenvalue weighted by Gasteiger charge is 2.28. The van der Waals surface area contributed by atoms with Gasteiger partial charge in [-0.15, -0.1) is 0 Å². The minimum atomic E-state index is 0.0514. The molecule has 0 radical (unpaired) electrons. The number of amides is 1. The zero-order chi connectivity index (χ0) is 16.7. The predicted molar refractivity (Wildman–Crippen MR) is 89.7 cm³/mol. The molecule has 0 unspecified atom stereocenters. The summed E-state index contributed by atoms with van der Waals surface area (Å²) in [5, 5.41) is 10.7. The topological polar surface area (TPSA) is 79.7 Å². The maximum Gasteiger partial charge on any atom is 0.253 e. The zero-order valence-corrected chi connectivity index (χ0v) is 13.9. The van der Waals surface area contributed by atoms with Crippen LogP contribution >= 0.6 is 0 Å². The van der Waals surface area contributed by atoms with E-state index in [1.165, 1.54) is 0 Å². The maximum atomic E-state index is 12.9. The van der Waals surface area contributed by atoms with Gasteiger partial charge in [0.15, 0.2) is 0 Å². The number of piperidine rings is 1. The van der Waals surface area contributed by atoms with Gasteiger partial charge in [-0.1, -0.05) is 0 Å². The molecule has 0 saturated carbocycles. The number of carbonyl (C=O) groups is 1. The molecule has 3 aromatic rings. The lowest BCUT2D eigenvalue weighted by Gasteiger charge is -2.32. The van der Waals surface area contributed by atoms with Crippen LogP contribution in [-0.4, -0.2) is 48.9 Å². The summed E-state index contributed by atoms with van der Waals surface area (Å²) in [5.41, 5.74) is 3.17. The average molecular weight is 324 g/mol. The molecule has 1 aromatic carbocycles. The number of nitrogens with one attached hydrogen (secondary N) is 1. The van der Waals surface area contributed by atoms with Crippen molar-refractivity contribution in [3.63, 3.8) is 0 Å². The van der Waals surface area contributed by atoms with Crippen LogP contribution in [0.1, 0.15) is 40.6 Å². The second-order valence-corrected chi connectivity index (χ2v) is 6.47. The molecule has 0 spiro atoms. The van der Waals surface area contributed by atoms with E-state index in [0.717, 1.165) is 36.4 Å². The van der Waals surface area contributed by atoms with Crippen LogP contribution in [-0.2, 0) is 7.05 Å². The first kappa shape index (κ1) is 14.9. The summed E-state index contributed by atoms with van der Waals surface area (Å²) in [7, 11) is 2.02. The lowest BCUT2D eigenvalue weighted by molar-refractivity contribution is 0.0703. The van der Waals surface area contributed by atoms with E-state index in [4.69, 9.17) is 0 Å². The first-order valence-electron chi connectivity index (χ1n) is 8.21. The molecule has 24 heavy (non-hydrogen) atoms. The summed E-state index contributed by atoms with van der Waals surface area (Å²) in [5.74, 6) is 1.41. The van der Waals surface area contributed by atoms with E-state index in [2.05, 4.69) is 25.0 Å². The monoisotopic (exact) mass is 324 g/mol. The SMILES string of the molecule is Cc1cn(C)c([C@@H]2CCCN(C(=O)c3ccc4n[nH]nc4c3)C2)n1. The molecular weight excluding hydrogens is 304 g/mol. The first-order valence-corrected chi connectivity index (χ1v) is 8.21. The molecule has 1 aliphatic heterocycles. The Morgan fingerprint density at radius 3 is 2.92 bits per heavy atom. The average Bonchev–Trinajstić information content (AvgIpc) is 3.19. The molecule has 124 valence electrons. The number of hydrogen-bond acceptors (Lipinski definition) is 4. The number of aryl methyl sites for hydroxylation is 2. The van der Waals surface area contributed by atoms with Crippen molar-refractivity contribution in [2.75, 3.05) is 13.1 Å². The van der Waals surface area contributed by atoms with Crippen LogP contribution in [0.3, 0.4) is 0 Å². The van der Waals surface area contributed by atoms with Gasteiger partial charge in [-0.3, -0.25) is 4.79 Å². The van der Waals surface area contributed by atoms with Crippen LogP contribution < -0.4 is 0 Å². The van der Waals surface area contributed by atoms with E-state index in [1.54, 1.807) is 6.07 Å². The van der Waals surface area contributed by atoms with E-state index in [-0.39, 0.29) is 11.8 Å². The number of hydrogen-bond donors (Lipinski definition) is 1. The lowest BCUT2D eigenvalue weighted by atomic mass is 9.96. The third-order valence-corrected chi connectivity index (χ3v) is 4.67. The largest absolute Gasteiger partial charge is 0.338 e. The smallest absolute Gasteiger partial charge is 0.253 e. The number of carbonyl (C=O) groups excluding carboxylic acids is 1. The second-order valence-electron chi connectivity index (χ2n) is 6.47. The first-order chi connectivity index (χ1) is 11.6. The molecule has 0 aliphatic carbocycles. The highest BCUT2D eigenvalue weighted by atomic mass is 16.2. The molecule has 7 nitrogen and oxygen atoms in total. The van der Waals surface area contributed by atoms with Gasteiger partial charge in [-0.2, -0.15) is 15.4 Å². The van der Waals surface area contributed by atoms with Gasteiger partial charge in [0.1, 0.15) is 16.9 Å². The molecule has 1 fully saturated rings. The normalized spacial score (nSPS) is 18.2. The van der Waals surface area contributed by atoms with Crippen molar-refractivity contribution in [2.45, 2.75) is 25.7 Å². The number of aromatic amines is 1. The van der Waals surface area contributed by atoms with Gasteiger partial charge in [0.25, 0.3) is 5.91 Å². The predicted octanol–water partition coefficient (Wildman–Crippen LogP) is 2.02. The summed E-state index contributed by atoms with van der Waals surface area (Å²) in [4.78, 5) is 19.4. The van der Waals surface area contributed by atoms with Gasteiger partial charge in [-0.05, 0) is 38.0 Å². The fraction of sp³-hybridized carbons (Fsp3) is 0.412. The van der Waals surface area contributed by atoms with Gasteiger partial charge in [0.2, 0.25) is 0 Å². The molecule has 4 rings (SSSR count). The van der Waals surface area contributed by atoms with Crippen molar-refractivity contribution < 1.29 is 4.79 Å². The van der Waals surface area contributed by atoms with E-state index in [1.807, 2.05) is 37.2 Å². The Morgan fingerprint density at radius 1 is 1.29 bits per heavy atom. The lowest BCUT2D eigenvalue weighted by Crippen LogP contribution is -2.39. The molecule has 0 bridgehead atoms. The summed E-state index contributed by atoms with van der Waals surface area (Å²) < 4.78 is 2.08. The molecule has 3 heterocycles. The van der Waals surface area contributed by atoms with Crippen LogP contribution in [0.4, 0.5) is 0 Å². The molecule has 1 amide bonds. The van der Waals surface area contributed by atoms with Gasteiger partial charge < -0.3 is 9.47 Å². The highest BCUT2D eigenvalue weighted by molar-refractivity contribution is 5.97. The van der Waals surface area contributed by atoms with Crippen molar-refractivity contribution in [1.29, 1.82) is 0 Å². The van der Waals surface area contributed by atoms with E-state index >= 15 is 0 Å². The number of benzene rings is 1. The number of rotatable bonds is 2. The highest BCUT2D eigenvalue weighted by Crippen LogP contribution is 2.27. The number of nitrogens with zero attached hydrogens (tertiary/aromatic N) is 5. The van der Waals surface area contributed by atoms with Gasteiger partial charge >= 0.3 is 0 Å². The summed E-state index contributed by atoms with van der Waals surface area (Å²) in [6, 6.07) is 5.45. The quantitative estimate of drug-likeness (QED) is 0.782. The van der Waals surface area contributed by atoms with Crippen molar-refractivity contribution >= 4 is 16.9 Å². The van der Waals surface area contributed by atoms with Crippen molar-refractivity contribution in [3.8, 4) is 0 Å². The number of likely N-dealkylation sites (tertiary alicyclic amines) is 1. The van der Waals surface area contributed by atoms with Crippen LogP contribution in [0, 0.1) is 6.92 Å². The fourth-order valence-corrected chi connectivity index (χ4v) is 3.54. The number of fused-ring (bicyclic) bond motifs is 1. The van der Waals surface area contributed by atoms with Crippen LogP contribution in [0.15, 0.2) is 24.4 Å². The van der Waals surface area contributed by atoms with E-state index in [0.29, 0.717) is 17.6 Å². The minimum Gasteiger partial charge on any atom is -0.338 e. The molecule has 7 heteroatoms. The Bertz CT molecular complexity index is 896. The molecular formula is C17H20N6O. The van der Waals surface area contributed by atoms with Crippen LogP contribution in [0.5, 0.6) is 0 Å². The number of aromatic nitrogens is 5. The third-order valence-electron chi connectivity index (χ3n) is 4.67. The standard InChI is InChI=1S/C17H20N6O/c1-11-9-22(2)16(18-11)13-4-3-7-23(10-13)17(24)12-5-6-14-15(8-12)20-21-19-14/h5-6,8-9,13H,3-4,7,10H2,1-2H3,(H,19,20,21)/t13-/m1/s1. The van der Waals surface area contributed by atoms with Crippen LogP contribution in [0.2, 0.25) is 0 Å². The van der Waals surface area contributed by atoms with Crippen molar-refractivity contribution in [1.82, 2.24) is 29.9 Å². The molecule has 2 aromatic heterocycles. The minimum absolute atomic E-state index is 0.0514. The Kier molecular flexibility index (Phi) is 3.55. The Labute approximate surface area is 139 Å². The van der Waals surface area contributed by atoms with Crippen LogP contribution in [0.25, 0.3) is 11.0 Å². The van der Waals surface area contributed by atoms with E-state index < -0.39 is 0 Å². The molecule has 1 saturated heterocycles. The number of imidazole rings is 1. The second kappa shape index (κ2) is 5.74. The third kappa shape index (κ3) is 2.55. The van der Waals surface area contributed by atoms with Gasteiger partial charge in [-0.25, -0.2) is 4.98 Å².